The fourth-order valence-corrected chi connectivity index (χ4v) is 2.34. The van der Waals surface area contributed by atoms with Gasteiger partial charge in [-0.25, -0.2) is 0 Å². The van der Waals surface area contributed by atoms with Crippen LogP contribution in [-0.4, -0.2) is 49.2 Å². The number of amides is 1. The SMILES string of the molecule is CC(C)NCCCOC(C)C(=O)N1CCCCCC1. The van der Waals surface area contributed by atoms with Gasteiger partial charge in [-0.05, 0) is 32.7 Å². The third-order valence-corrected chi connectivity index (χ3v) is 3.51. The molecule has 1 fully saturated rings. The lowest BCUT2D eigenvalue weighted by Gasteiger charge is -2.24. The lowest BCUT2D eigenvalue weighted by atomic mass is 10.2. The number of hydrogen-bond acceptors (Lipinski definition) is 3. The molecule has 19 heavy (non-hydrogen) atoms. The standard InChI is InChI=1S/C15H30N2O2/c1-13(2)16-9-8-12-19-14(3)15(18)17-10-6-4-5-7-11-17/h13-14,16H,4-12H2,1-3H3. The molecule has 1 aliphatic rings. The van der Waals surface area contributed by atoms with E-state index in [1.54, 1.807) is 0 Å². The maximum atomic E-state index is 12.2. The fourth-order valence-electron chi connectivity index (χ4n) is 2.34. The first-order valence-electron chi connectivity index (χ1n) is 7.75. The van der Waals surface area contributed by atoms with Crippen molar-refractivity contribution >= 4 is 5.91 Å². The van der Waals surface area contributed by atoms with Crippen molar-refractivity contribution < 1.29 is 9.53 Å². The minimum Gasteiger partial charge on any atom is -0.369 e. The van der Waals surface area contributed by atoms with Crippen molar-refractivity contribution in [1.82, 2.24) is 10.2 Å². The first kappa shape index (κ1) is 16.4. The molecule has 1 rings (SSSR count). The number of carbonyl (C=O) groups is 1. The monoisotopic (exact) mass is 270 g/mol. The fraction of sp³-hybridized carbons (Fsp3) is 0.933. The first-order chi connectivity index (χ1) is 9.11. The van der Waals surface area contributed by atoms with Crippen molar-refractivity contribution in [2.45, 2.75) is 65.0 Å². The number of ether oxygens (including phenoxy) is 1. The highest BCUT2D eigenvalue weighted by Crippen LogP contribution is 2.11. The van der Waals surface area contributed by atoms with E-state index in [0.29, 0.717) is 12.6 Å². The molecule has 1 saturated heterocycles. The summed E-state index contributed by atoms with van der Waals surface area (Å²) in [6.45, 7) is 9.55. The van der Waals surface area contributed by atoms with Crippen molar-refractivity contribution in [2.24, 2.45) is 0 Å². The second-order valence-corrected chi connectivity index (χ2v) is 5.71. The van der Waals surface area contributed by atoms with Crippen molar-refractivity contribution in [2.75, 3.05) is 26.2 Å². The molecule has 1 unspecified atom stereocenters. The quantitative estimate of drug-likeness (QED) is 0.721. The van der Waals surface area contributed by atoms with Gasteiger partial charge in [0.25, 0.3) is 5.91 Å². The second kappa shape index (κ2) is 9.32. The minimum atomic E-state index is -0.294. The summed E-state index contributed by atoms with van der Waals surface area (Å²) in [7, 11) is 0. The van der Waals surface area contributed by atoms with Crippen LogP contribution < -0.4 is 5.32 Å². The van der Waals surface area contributed by atoms with Crippen LogP contribution in [0.15, 0.2) is 0 Å². The highest BCUT2D eigenvalue weighted by Gasteiger charge is 2.21. The molecule has 1 amide bonds. The summed E-state index contributed by atoms with van der Waals surface area (Å²) in [5.41, 5.74) is 0. The maximum absolute atomic E-state index is 12.2. The van der Waals surface area contributed by atoms with Gasteiger partial charge in [-0.1, -0.05) is 26.7 Å². The van der Waals surface area contributed by atoms with Crippen LogP contribution in [0.3, 0.4) is 0 Å². The third-order valence-electron chi connectivity index (χ3n) is 3.51. The van der Waals surface area contributed by atoms with E-state index in [9.17, 15) is 4.79 Å². The topological polar surface area (TPSA) is 41.6 Å². The normalized spacial score (nSPS) is 18.4. The van der Waals surface area contributed by atoms with Crippen LogP contribution in [0.5, 0.6) is 0 Å². The van der Waals surface area contributed by atoms with Gasteiger partial charge in [0.2, 0.25) is 0 Å². The molecule has 4 nitrogen and oxygen atoms in total. The van der Waals surface area contributed by atoms with E-state index in [-0.39, 0.29) is 12.0 Å². The summed E-state index contributed by atoms with van der Waals surface area (Å²) in [5, 5.41) is 3.34. The molecule has 0 aromatic heterocycles. The molecule has 0 aromatic carbocycles. The Morgan fingerprint density at radius 1 is 1.16 bits per heavy atom. The number of rotatable bonds is 7. The van der Waals surface area contributed by atoms with Crippen LogP contribution in [0.1, 0.15) is 52.9 Å². The van der Waals surface area contributed by atoms with Gasteiger partial charge < -0.3 is 15.0 Å². The molecule has 1 heterocycles. The Kier molecular flexibility index (Phi) is 8.07. The molecule has 0 bridgehead atoms. The van der Waals surface area contributed by atoms with Crippen molar-refractivity contribution in [3.63, 3.8) is 0 Å². The number of hydrogen-bond donors (Lipinski definition) is 1. The Hall–Kier alpha value is -0.610. The lowest BCUT2D eigenvalue weighted by molar-refractivity contribution is -0.142. The predicted molar refractivity (Wildman–Crippen MR) is 78.2 cm³/mol. The summed E-state index contributed by atoms with van der Waals surface area (Å²) >= 11 is 0. The van der Waals surface area contributed by atoms with Gasteiger partial charge in [0, 0.05) is 25.7 Å². The van der Waals surface area contributed by atoms with Crippen LogP contribution in [0.4, 0.5) is 0 Å². The molecule has 112 valence electrons. The van der Waals surface area contributed by atoms with Gasteiger partial charge in [-0.3, -0.25) is 4.79 Å². The van der Waals surface area contributed by atoms with E-state index in [1.165, 1.54) is 12.8 Å². The van der Waals surface area contributed by atoms with E-state index in [1.807, 2.05) is 11.8 Å². The zero-order valence-corrected chi connectivity index (χ0v) is 12.8. The van der Waals surface area contributed by atoms with E-state index in [2.05, 4.69) is 19.2 Å². The zero-order chi connectivity index (χ0) is 14.1. The maximum Gasteiger partial charge on any atom is 0.251 e. The van der Waals surface area contributed by atoms with Crippen LogP contribution >= 0.6 is 0 Å². The van der Waals surface area contributed by atoms with Crippen LogP contribution in [-0.2, 0) is 9.53 Å². The summed E-state index contributed by atoms with van der Waals surface area (Å²) in [6.07, 6.45) is 5.43. The molecular formula is C15H30N2O2. The summed E-state index contributed by atoms with van der Waals surface area (Å²) in [6, 6.07) is 0.510. The van der Waals surface area contributed by atoms with Crippen molar-refractivity contribution in [3.8, 4) is 0 Å². The Labute approximate surface area is 117 Å². The molecule has 1 aliphatic heterocycles. The molecular weight excluding hydrogens is 240 g/mol. The average molecular weight is 270 g/mol. The molecule has 0 radical (unpaired) electrons. The van der Waals surface area contributed by atoms with E-state index in [4.69, 9.17) is 4.74 Å². The largest absolute Gasteiger partial charge is 0.369 e. The summed E-state index contributed by atoms with van der Waals surface area (Å²) in [5.74, 6) is 0.165. The van der Waals surface area contributed by atoms with E-state index in [0.717, 1.165) is 38.9 Å². The zero-order valence-electron chi connectivity index (χ0n) is 12.8. The predicted octanol–water partition coefficient (Wildman–Crippen LogP) is 2.18. The van der Waals surface area contributed by atoms with Gasteiger partial charge in [-0.15, -0.1) is 0 Å². The van der Waals surface area contributed by atoms with Crippen molar-refractivity contribution in [1.29, 1.82) is 0 Å². The van der Waals surface area contributed by atoms with Crippen LogP contribution in [0.25, 0.3) is 0 Å². The van der Waals surface area contributed by atoms with Gasteiger partial charge in [-0.2, -0.15) is 0 Å². The Morgan fingerprint density at radius 2 is 1.79 bits per heavy atom. The first-order valence-corrected chi connectivity index (χ1v) is 7.75. The Balaban J connectivity index is 2.16. The van der Waals surface area contributed by atoms with Gasteiger partial charge >= 0.3 is 0 Å². The number of nitrogens with zero attached hydrogens (tertiary/aromatic N) is 1. The summed E-state index contributed by atoms with van der Waals surface area (Å²) < 4.78 is 5.65. The number of nitrogens with one attached hydrogen (secondary N) is 1. The van der Waals surface area contributed by atoms with Gasteiger partial charge in [0.1, 0.15) is 6.10 Å². The van der Waals surface area contributed by atoms with Gasteiger partial charge in [0.15, 0.2) is 0 Å². The molecule has 0 aliphatic carbocycles. The Bertz CT molecular complexity index is 249. The summed E-state index contributed by atoms with van der Waals surface area (Å²) in [4.78, 5) is 14.2. The molecule has 4 heteroatoms. The number of likely N-dealkylation sites (tertiary alicyclic amines) is 1. The highest BCUT2D eigenvalue weighted by molar-refractivity contribution is 5.80. The molecule has 0 spiro atoms. The minimum absolute atomic E-state index is 0.165. The molecule has 0 saturated carbocycles. The lowest BCUT2D eigenvalue weighted by Crippen LogP contribution is -2.40. The Morgan fingerprint density at radius 3 is 2.37 bits per heavy atom. The number of carbonyl (C=O) groups excluding carboxylic acids is 1. The third kappa shape index (κ3) is 6.92. The van der Waals surface area contributed by atoms with E-state index < -0.39 is 0 Å². The van der Waals surface area contributed by atoms with E-state index >= 15 is 0 Å². The second-order valence-electron chi connectivity index (χ2n) is 5.71. The van der Waals surface area contributed by atoms with Gasteiger partial charge in [0.05, 0.1) is 0 Å². The molecule has 0 aromatic rings. The van der Waals surface area contributed by atoms with Crippen LogP contribution in [0.2, 0.25) is 0 Å². The van der Waals surface area contributed by atoms with Crippen molar-refractivity contribution in [3.05, 3.63) is 0 Å². The highest BCUT2D eigenvalue weighted by atomic mass is 16.5. The smallest absolute Gasteiger partial charge is 0.251 e. The average Bonchev–Trinajstić information content (AvgIpc) is 2.65. The molecule has 1 atom stereocenters. The molecule has 1 N–H and O–H groups in total. The van der Waals surface area contributed by atoms with Crippen LogP contribution in [0, 0.1) is 0 Å².